The number of Topliss-reactive ketones (excluding diaryl/α,β-unsaturated/α-hetero) is 1. The standard InChI is InChI=1S/C19H19NO6/c1-24-12-5-6-14-13(9-12)19(23,18(22)20-14)10-15(21)11-4-7-16(25-2)17(8-11)26-3/h4-9,23H,10H2,1-3H3,(H,20,22)/t19-/m0/s1. The lowest BCUT2D eigenvalue weighted by Gasteiger charge is -2.20. The number of rotatable bonds is 6. The molecule has 0 fully saturated rings. The Bertz CT molecular complexity index is 878. The summed E-state index contributed by atoms with van der Waals surface area (Å²) in [5, 5.41) is 13.5. The topological polar surface area (TPSA) is 94.1 Å². The molecule has 0 radical (unpaired) electrons. The van der Waals surface area contributed by atoms with Crippen molar-refractivity contribution in [2.24, 2.45) is 0 Å². The van der Waals surface area contributed by atoms with Crippen LogP contribution in [0.5, 0.6) is 17.2 Å². The molecule has 7 nitrogen and oxygen atoms in total. The molecule has 0 aromatic heterocycles. The number of fused-ring (bicyclic) bond motifs is 1. The highest BCUT2D eigenvalue weighted by Gasteiger charge is 2.47. The van der Waals surface area contributed by atoms with Crippen molar-refractivity contribution in [3.05, 3.63) is 47.5 Å². The highest BCUT2D eigenvalue weighted by molar-refractivity contribution is 6.09. The van der Waals surface area contributed by atoms with Crippen molar-refractivity contribution in [2.45, 2.75) is 12.0 Å². The molecule has 3 rings (SSSR count). The van der Waals surface area contributed by atoms with Gasteiger partial charge in [0.2, 0.25) is 0 Å². The van der Waals surface area contributed by atoms with E-state index in [0.717, 1.165) is 0 Å². The number of hydrogen-bond donors (Lipinski definition) is 2. The molecule has 1 aliphatic rings. The van der Waals surface area contributed by atoms with E-state index in [-0.39, 0.29) is 0 Å². The number of ketones is 1. The molecular formula is C19H19NO6. The molecule has 136 valence electrons. The first kappa shape index (κ1) is 17.8. The van der Waals surface area contributed by atoms with E-state index in [2.05, 4.69) is 5.32 Å². The number of aliphatic hydroxyl groups is 1. The number of carbonyl (C=O) groups excluding carboxylic acids is 2. The third-order valence-corrected chi connectivity index (χ3v) is 4.42. The van der Waals surface area contributed by atoms with Gasteiger partial charge in [-0.25, -0.2) is 0 Å². The fourth-order valence-corrected chi connectivity index (χ4v) is 2.97. The fraction of sp³-hybridized carbons (Fsp3) is 0.263. The summed E-state index contributed by atoms with van der Waals surface area (Å²) in [4.78, 5) is 25.1. The lowest BCUT2D eigenvalue weighted by molar-refractivity contribution is -0.133. The number of amides is 1. The summed E-state index contributed by atoms with van der Waals surface area (Å²) in [6, 6.07) is 9.53. The van der Waals surface area contributed by atoms with Crippen molar-refractivity contribution in [3.8, 4) is 17.2 Å². The van der Waals surface area contributed by atoms with Gasteiger partial charge in [-0.2, -0.15) is 0 Å². The lowest BCUT2D eigenvalue weighted by atomic mass is 9.88. The van der Waals surface area contributed by atoms with Gasteiger partial charge in [0, 0.05) is 16.8 Å². The fourth-order valence-electron chi connectivity index (χ4n) is 2.97. The Morgan fingerprint density at radius 1 is 1.04 bits per heavy atom. The number of nitrogens with one attached hydrogen (secondary N) is 1. The second kappa shape index (κ2) is 6.68. The minimum atomic E-state index is -1.96. The van der Waals surface area contributed by atoms with Crippen LogP contribution in [0.3, 0.4) is 0 Å². The van der Waals surface area contributed by atoms with Crippen molar-refractivity contribution < 1.29 is 28.9 Å². The zero-order valence-electron chi connectivity index (χ0n) is 14.7. The smallest absolute Gasteiger partial charge is 0.261 e. The lowest BCUT2D eigenvalue weighted by Crippen LogP contribution is -2.36. The van der Waals surface area contributed by atoms with Crippen LogP contribution >= 0.6 is 0 Å². The quantitative estimate of drug-likeness (QED) is 0.769. The minimum absolute atomic E-state index is 0.306. The number of methoxy groups -OCH3 is 3. The molecule has 1 aliphatic heterocycles. The van der Waals surface area contributed by atoms with E-state index >= 15 is 0 Å². The zero-order chi connectivity index (χ0) is 18.9. The Morgan fingerprint density at radius 2 is 1.77 bits per heavy atom. The van der Waals surface area contributed by atoms with Crippen LogP contribution < -0.4 is 19.5 Å². The van der Waals surface area contributed by atoms with Gasteiger partial charge in [0.1, 0.15) is 5.75 Å². The Morgan fingerprint density at radius 3 is 2.42 bits per heavy atom. The van der Waals surface area contributed by atoms with Gasteiger partial charge in [0.15, 0.2) is 22.9 Å². The first-order valence-electron chi connectivity index (χ1n) is 7.90. The Kier molecular flexibility index (Phi) is 4.56. The van der Waals surface area contributed by atoms with Crippen LogP contribution in [0.15, 0.2) is 36.4 Å². The van der Waals surface area contributed by atoms with Gasteiger partial charge in [-0.15, -0.1) is 0 Å². The van der Waals surface area contributed by atoms with Gasteiger partial charge in [0.25, 0.3) is 5.91 Å². The van der Waals surface area contributed by atoms with Crippen molar-refractivity contribution in [1.29, 1.82) is 0 Å². The summed E-state index contributed by atoms with van der Waals surface area (Å²) in [5.41, 5.74) is -0.886. The zero-order valence-corrected chi connectivity index (χ0v) is 14.7. The second-order valence-corrected chi connectivity index (χ2v) is 5.90. The summed E-state index contributed by atoms with van der Waals surface area (Å²) in [6.07, 6.45) is -0.408. The van der Waals surface area contributed by atoms with Crippen molar-refractivity contribution in [1.82, 2.24) is 0 Å². The summed E-state index contributed by atoms with van der Waals surface area (Å²) < 4.78 is 15.5. The highest BCUT2D eigenvalue weighted by Crippen LogP contribution is 2.41. The van der Waals surface area contributed by atoms with Crippen LogP contribution in [0.1, 0.15) is 22.3 Å². The number of hydrogen-bond acceptors (Lipinski definition) is 6. The third-order valence-electron chi connectivity index (χ3n) is 4.42. The summed E-state index contributed by atoms with van der Waals surface area (Å²) in [6.45, 7) is 0. The van der Waals surface area contributed by atoms with E-state index in [9.17, 15) is 14.7 Å². The van der Waals surface area contributed by atoms with Gasteiger partial charge in [-0.05, 0) is 36.4 Å². The number of carbonyl (C=O) groups is 2. The van der Waals surface area contributed by atoms with Crippen LogP contribution in [0.4, 0.5) is 5.69 Å². The van der Waals surface area contributed by atoms with Crippen LogP contribution in [-0.4, -0.2) is 38.1 Å². The maximum atomic E-state index is 12.7. The SMILES string of the molecule is COc1ccc2c(c1)[C@@](O)(CC(=O)c1ccc(OC)c(OC)c1)C(=O)N2. The molecule has 2 N–H and O–H groups in total. The monoisotopic (exact) mass is 357 g/mol. The van der Waals surface area contributed by atoms with Crippen LogP contribution in [-0.2, 0) is 10.4 Å². The van der Waals surface area contributed by atoms with Crippen molar-refractivity contribution in [2.75, 3.05) is 26.6 Å². The van der Waals surface area contributed by atoms with Gasteiger partial charge in [-0.1, -0.05) is 0 Å². The van der Waals surface area contributed by atoms with E-state index in [1.54, 1.807) is 30.3 Å². The maximum absolute atomic E-state index is 12.7. The Labute approximate surface area is 150 Å². The molecule has 0 saturated heterocycles. The van der Waals surface area contributed by atoms with Crippen molar-refractivity contribution in [3.63, 3.8) is 0 Å². The van der Waals surface area contributed by atoms with E-state index in [1.165, 1.54) is 27.4 Å². The van der Waals surface area contributed by atoms with Gasteiger partial charge in [0.05, 0.1) is 27.8 Å². The van der Waals surface area contributed by atoms with Crippen LogP contribution in [0.2, 0.25) is 0 Å². The molecule has 1 atom stereocenters. The molecule has 0 saturated carbocycles. The molecule has 1 amide bonds. The molecule has 0 unspecified atom stereocenters. The normalized spacial score (nSPS) is 18.1. The number of benzene rings is 2. The molecule has 0 spiro atoms. The molecular weight excluding hydrogens is 338 g/mol. The van der Waals surface area contributed by atoms with E-state index in [4.69, 9.17) is 14.2 Å². The Balaban J connectivity index is 1.93. The summed E-state index contributed by atoms with van der Waals surface area (Å²) in [5.74, 6) is 0.311. The summed E-state index contributed by atoms with van der Waals surface area (Å²) in [7, 11) is 4.45. The van der Waals surface area contributed by atoms with Crippen LogP contribution in [0, 0.1) is 0 Å². The molecule has 0 aliphatic carbocycles. The van der Waals surface area contributed by atoms with E-state index in [1.807, 2.05) is 0 Å². The maximum Gasteiger partial charge on any atom is 0.261 e. The Hall–Kier alpha value is -3.06. The molecule has 1 heterocycles. The van der Waals surface area contributed by atoms with Gasteiger partial charge >= 0.3 is 0 Å². The molecule has 0 bridgehead atoms. The average Bonchev–Trinajstić information content (AvgIpc) is 2.90. The predicted molar refractivity (Wildman–Crippen MR) is 94.0 cm³/mol. The predicted octanol–water partition coefficient (Wildman–Crippen LogP) is 2.13. The molecule has 26 heavy (non-hydrogen) atoms. The van der Waals surface area contributed by atoms with E-state index < -0.39 is 23.7 Å². The largest absolute Gasteiger partial charge is 0.497 e. The van der Waals surface area contributed by atoms with Crippen molar-refractivity contribution >= 4 is 17.4 Å². The van der Waals surface area contributed by atoms with Gasteiger partial charge < -0.3 is 24.6 Å². The average molecular weight is 357 g/mol. The highest BCUT2D eigenvalue weighted by atomic mass is 16.5. The van der Waals surface area contributed by atoms with E-state index in [0.29, 0.717) is 34.1 Å². The second-order valence-electron chi connectivity index (χ2n) is 5.90. The molecule has 2 aromatic carbocycles. The summed E-state index contributed by atoms with van der Waals surface area (Å²) >= 11 is 0. The third kappa shape index (κ3) is 2.86. The molecule has 7 heteroatoms. The van der Waals surface area contributed by atoms with Gasteiger partial charge in [-0.3, -0.25) is 9.59 Å². The first-order valence-corrected chi connectivity index (χ1v) is 7.90. The number of anilines is 1. The minimum Gasteiger partial charge on any atom is -0.497 e. The van der Waals surface area contributed by atoms with Crippen LogP contribution in [0.25, 0.3) is 0 Å². The number of ether oxygens (including phenoxy) is 3. The molecule has 2 aromatic rings. The first-order chi connectivity index (χ1) is 12.4.